The van der Waals surface area contributed by atoms with Crippen molar-refractivity contribution in [3.05, 3.63) is 63.2 Å². The van der Waals surface area contributed by atoms with Gasteiger partial charge in [-0.1, -0.05) is 12.1 Å². The van der Waals surface area contributed by atoms with Gasteiger partial charge in [-0.2, -0.15) is 0 Å². The summed E-state index contributed by atoms with van der Waals surface area (Å²) in [5, 5.41) is 23.8. The van der Waals surface area contributed by atoms with Crippen molar-refractivity contribution in [1.29, 1.82) is 0 Å². The first-order chi connectivity index (χ1) is 9.88. The molecule has 0 bridgehead atoms. The van der Waals surface area contributed by atoms with Crippen molar-refractivity contribution in [3.63, 3.8) is 0 Å². The molecule has 21 heavy (non-hydrogen) atoms. The number of hydrogen-bond donors (Lipinski definition) is 2. The van der Waals surface area contributed by atoms with Crippen molar-refractivity contribution in [2.45, 2.75) is 26.8 Å². The summed E-state index contributed by atoms with van der Waals surface area (Å²) < 4.78 is 0. The van der Waals surface area contributed by atoms with Crippen molar-refractivity contribution in [2.75, 3.05) is 5.32 Å². The maximum Gasteiger partial charge on any atom is 0.272 e. The molecule has 0 aliphatic rings. The average Bonchev–Trinajstić information content (AvgIpc) is 2.42. The fourth-order valence-corrected chi connectivity index (χ4v) is 2.26. The Morgan fingerprint density at radius 1 is 1.19 bits per heavy atom. The second kappa shape index (κ2) is 5.83. The van der Waals surface area contributed by atoms with E-state index in [2.05, 4.69) is 5.32 Å². The minimum atomic E-state index is -0.370. The van der Waals surface area contributed by atoms with Crippen molar-refractivity contribution in [3.8, 4) is 5.75 Å². The molecule has 0 amide bonds. The highest BCUT2D eigenvalue weighted by molar-refractivity contribution is 5.60. The van der Waals surface area contributed by atoms with Crippen LogP contribution in [-0.2, 0) is 0 Å². The SMILES string of the molecule is Cc1cc([N+](=O)[O-])c(C)cc1NC(C)c1cccc(O)c1. The van der Waals surface area contributed by atoms with Crippen LogP contribution in [0, 0.1) is 24.0 Å². The molecule has 2 rings (SSSR count). The molecule has 0 saturated carbocycles. The average molecular weight is 286 g/mol. The Bertz CT molecular complexity index is 683. The van der Waals surface area contributed by atoms with Gasteiger partial charge in [0.25, 0.3) is 5.69 Å². The van der Waals surface area contributed by atoms with Crippen molar-refractivity contribution < 1.29 is 10.0 Å². The number of benzene rings is 2. The Morgan fingerprint density at radius 3 is 2.52 bits per heavy atom. The normalized spacial score (nSPS) is 12.0. The maximum absolute atomic E-state index is 10.9. The molecule has 2 aromatic carbocycles. The molecule has 0 heterocycles. The number of nitrogens with zero attached hydrogens (tertiary/aromatic N) is 1. The summed E-state index contributed by atoms with van der Waals surface area (Å²) in [6, 6.07) is 10.4. The lowest BCUT2D eigenvalue weighted by molar-refractivity contribution is -0.385. The van der Waals surface area contributed by atoms with Gasteiger partial charge in [-0.25, -0.2) is 0 Å². The number of nitro groups is 1. The fourth-order valence-electron chi connectivity index (χ4n) is 2.26. The molecule has 5 nitrogen and oxygen atoms in total. The zero-order valence-electron chi connectivity index (χ0n) is 12.3. The third-order valence-corrected chi connectivity index (χ3v) is 3.48. The summed E-state index contributed by atoms with van der Waals surface area (Å²) in [7, 11) is 0. The molecule has 0 aromatic heterocycles. The molecule has 1 atom stereocenters. The van der Waals surface area contributed by atoms with E-state index in [1.54, 1.807) is 37.3 Å². The molecule has 0 spiro atoms. The smallest absolute Gasteiger partial charge is 0.272 e. The lowest BCUT2D eigenvalue weighted by atomic mass is 10.0. The van der Waals surface area contributed by atoms with E-state index in [-0.39, 0.29) is 22.4 Å². The van der Waals surface area contributed by atoms with E-state index >= 15 is 0 Å². The molecular formula is C16H18N2O3. The quantitative estimate of drug-likeness (QED) is 0.655. The van der Waals surface area contributed by atoms with Gasteiger partial charge in [0.2, 0.25) is 0 Å². The van der Waals surface area contributed by atoms with E-state index in [0.717, 1.165) is 16.8 Å². The standard InChI is InChI=1S/C16H18N2O3/c1-10-8-16(18(20)21)11(2)7-15(10)17-12(3)13-5-4-6-14(19)9-13/h4-9,12,17,19H,1-3H3. The lowest BCUT2D eigenvalue weighted by Gasteiger charge is -2.18. The van der Waals surface area contributed by atoms with Gasteiger partial charge in [-0.15, -0.1) is 0 Å². The predicted octanol–water partition coefficient (Wildman–Crippen LogP) is 4.09. The van der Waals surface area contributed by atoms with Gasteiger partial charge in [-0.05, 0) is 50.1 Å². The number of phenolic OH excluding ortho intramolecular Hbond substituents is 1. The largest absolute Gasteiger partial charge is 0.508 e. The van der Waals surface area contributed by atoms with Crippen LogP contribution in [-0.4, -0.2) is 10.0 Å². The second-order valence-corrected chi connectivity index (χ2v) is 5.17. The molecule has 1 unspecified atom stereocenters. The molecule has 2 aromatic rings. The molecule has 2 N–H and O–H groups in total. The summed E-state index contributed by atoms with van der Waals surface area (Å²) >= 11 is 0. The van der Waals surface area contributed by atoms with Gasteiger partial charge >= 0.3 is 0 Å². The number of rotatable bonds is 4. The van der Waals surface area contributed by atoms with Gasteiger partial charge in [0, 0.05) is 23.4 Å². The van der Waals surface area contributed by atoms with Crippen LogP contribution in [0.5, 0.6) is 5.75 Å². The topological polar surface area (TPSA) is 75.4 Å². The van der Waals surface area contributed by atoms with Crippen LogP contribution in [0.2, 0.25) is 0 Å². The summed E-state index contributed by atoms with van der Waals surface area (Å²) in [4.78, 5) is 10.6. The Labute approximate surface area is 123 Å². The molecular weight excluding hydrogens is 268 g/mol. The van der Waals surface area contributed by atoms with Crippen LogP contribution in [0.15, 0.2) is 36.4 Å². The number of nitrogens with one attached hydrogen (secondary N) is 1. The van der Waals surface area contributed by atoms with Crippen molar-refractivity contribution in [1.82, 2.24) is 0 Å². The highest BCUT2D eigenvalue weighted by Gasteiger charge is 2.15. The number of anilines is 1. The summed E-state index contributed by atoms with van der Waals surface area (Å²) in [6.07, 6.45) is 0. The third-order valence-electron chi connectivity index (χ3n) is 3.48. The molecule has 0 aliphatic heterocycles. The number of hydrogen-bond acceptors (Lipinski definition) is 4. The molecule has 0 fully saturated rings. The van der Waals surface area contributed by atoms with E-state index in [1.807, 2.05) is 19.9 Å². The van der Waals surface area contributed by atoms with Crippen LogP contribution in [0.3, 0.4) is 0 Å². The minimum Gasteiger partial charge on any atom is -0.508 e. The van der Waals surface area contributed by atoms with Gasteiger partial charge in [0.05, 0.1) is 4.92 Å². The molecule has 110 valence electrons. The Morgan fingerprint density at radius 2 is 1.90 bits per heavy atom. The van der Waals surface area contributed by atoms with Crippen LogP contribution in [0.25, 0.3) is 0 Å². The molecule has 0 saturated heterocycles. The highest BCUT2D eigenvalue weighted by Crippen LogP contribution is 2.29. The van der Waals surface area contributed by atoms with E-state index in [9.17, 15) is 15.2 Å². The number of phenols is 1. The van der Waals surface area contributed by atoms with Crippen molar-refractivity contribution >= 4 is 11.4 Å². The van der Waals surface area contributed by atoms with Crippen LogP contribution >= 0.6 is 0 Å². The van der Waals surface area contributed by atoms with Crippen LogP contribution in [0.1, 0.15) is 29.7 Å². The highest BCUT2D eigenvalue weighted by atomic mass is 16.6. The summed E-state index contributed by atoms with van der Waals surface area (Å²) in [5.74, 6) is 0.220. The molecule has 0 aliphatic carbocycles. The second-order valence-electron chi connectivity index (χ2n) is 5.17. The zero-order chi connectivity index (χ0) is 15.6. The Kier molecular flexibility index (Phi) is 4.12. The summed E-state index contributed by atoms with van der Waals surface area (Å²) in [6.45, 7) is 5.54. The Hall–Kier alpha value is -2.56. The van der Waals surface area contributed by atoms with E-state index in [1.165, 1.54) is 0 Å². The third kappa shape index (κ3) is 3.31. The van der Waals surface area contributed by atoms with E-state index in [0.29, 0.717) is 5.56 Å². The number of aryl methyl sites for hydroxylation is 2. The van der Waals surface area contributed by atoms with E-state index < -0.39 is 0 Å². The van der Waals surface area contributed by atoms with Gasteiger partial charge < -0.3 is 10.4 Å². The van der Waals surface area contributed by atoms with Crippen molar-refractivity contribution in [2.24, 2.45) is 0 Å². The first-order valence-corrected chi connectivity index (χ1v) is 6.69. The molecule has 5 heteroatoms. The van der Waals surface area contributed by atoms with Crippen LogP contribution < -0.4 is 5.32 Å². The zero-order valence-corrected chi connectivity index (χ0v) is 12.3. The van der Waals surface area contributed by atoms with Gasteiger partial charge in [0.1, 0.15) is 5.75 Å². The van der Waals surface area contributed by atoms with Crippen LogP contribution in [0.4, 0.5) is 11.4 Å². The monoisotopic (exact) mass is 286 g/mol. The summed E-state index contributed by atoms with van der Waals surface area (Å²) in [5.41, 5.74) is 3.37. The number of aromatic hydroxyl groups is 1. The molecule has 0 radical (unpaired) electrons. The Balaban J connectivity index is 2.27. The first-order valence-electron chi connectivity index (χ1n) is 6.69. The van der Waals surface area contributed by atoms with Gasteiger partial charge in [-0.3, -0.25) is 10.1 Å². The predicted molar refractivity (Wildman–Crippen MR) is 82.7 cm³/mol. The maximum atomic E-state index is 10.9. The number of nitro benzene ring substituents is 1. The fraction of sp³-hybridized carbons (Fsp3) is 0.250. The lowest BCUT2D eigenvalue weighted by Crippen LogP contribution is -2.08. The van der Waals surface area contributed by atoms with Gasteiger partial charge in [0.15, 0.2) is 0 Å². The minimum absolute atomic E-state index is 0.0170. The first kappa shape index (κ1) is 14.8. The van der Waals surface area contributed by atoms with E-state index in [4.69, 9.17) is 0 Å².